The first-order valence-corrected chi connectivity index (χ1v) is 10.4. The summed E-state index contributed by atoms with van der Waals surface area (Å²) in [7, 11) is 1.26. The highest BCUT2D eigenvalue weighted by Gasteiger charge is 2.23. The molecule has 0 fully saturated rings. The number of ether oxygens (including phenoxy) is 1. The molecule has 0 radical (unpaired) electrons. The largest absolute Gasteiger partial charge is 0.510 e. The van der Waals surface area contributed by atoms with Crippen LogP contribution in [0.5, 0.6) is 0 Å². The van der Waals surface area contributed by atoms with Crippen molar-refractivity contribution in [1.82, 2.24) is 30.2 Å². The number of carbonyl (C=O) groups excluding carboxylic acids is 1. The second-order valence-corrected chi connectivity index (χ2v) is 7.88. The van der Waals surface area contributed by atoms with Crippen molar-refractivity contribution in [2.45, 2.75) is 11.7 Å². The van der Waals surface area contributed by atoms with Crippen molar-refractivity contribution in [2.75, 3.05) is 12.9 Å². The minimum absolute atomic E-state index is 0.0199. The highest BCUT2D eigenvalue weighted by atomic mass is 32.2. The number of methoxy groups -OCH3 is 1. The van der Waals surface area contributed by atoms with Gasteiger partial charge in [-0.2, -0.15) is 0 Å². The van der Waals surface area contributed by atoms with Crippen molar-refractivity contribution in [3.8, 4) is 0 Å². The molecule has 0 bridgehead atoms. The molecule has 0 atom stereocenters. The van der Waals surface area contributed by atoms with E-state index in [1.807, 2.05) is 41.8 Å². The number of tetrazole rings is 1. The number of esters is 1. The summed E-state index contributed by atoms with van der Waals surface area (Å²) in [4.78, 5) is 20.9. The molecule has 4 aromatic rings. The molecule has 0 saturated carbocycles. The van der Waals surface area contributed by atoms with Crippen molar-refractivity contribution >= 4 is 45.7 Å². The van der Waals surface area contributed by atoms with E-state index in [9.17, 15) is 9.90 Å². The lowest BCUT2D eigenvalue weighted by Gasteiger charge is -2.07. The normalized spacial score (nSPS) is 12.2. The van der Waals surface area contributed by atoms with Gasteiger partial charge in [0.1, 0.15) is 17.2 Å². The number of aliphatic hydroxyl groups is 1. The highest BCUT2D eigenvalue weighted by Crippen LogP contribution is 2.25. The lowest BCUT2D eigenvalue weighted by molar-refractivity contribution is -0.133. The lowest BCUT2D eigenvalue weighted by Crippen LogP contribution is -2.10. The molecule has 2 N–H and O–H groups in total. The lowest BCUT2D eigenvalue weighted by atomic mass is 10.2. The number of nitrogens with zero attached hydrogens (tertiary/aromatic N) is 5. The van der Waals surface area contributed by atoms with Crippen molar-refractivity contribution in [3.63, 3.8) is 0 Å². The van der Waals surface area contributed by atoms with Gasteiger partial charge in [0.15, 0.2) is 0 Å². The zero-order chi connectivity index (χ0) is 20.2. The number of aromatic amines is 1. The molecule has 1 aromatic carbocycles. The van der Waals surface area contributed by atoms with Gasteiger partial charge in [-0.15, -0.1) is 16.4 Å². The number of para-hydroxylation sites is 2. The molecule has 11 heteroatoms. The third-order valence-electron chi connectivity index (χ3n) is 4.03. The summed E-state index contributed by atoms with van der Waals surface area (Å²) in [6.45, 7) is 0.533. The standard InChI is InChI=1S/C18H16N6O3S2/c1-27-17(26)15(16-19-12-6-2-3-7-13(12)20-16)14(25)10-29-18-21-22-23-24(18)9-11-5-4-8-28-11/h2-8,25H,9-10H2,1H3,(H,19,20)/b15-14+. The third kappa shape index (κ3) is 4.15. The van der Waals surface area contributed by atoms with Crippen LogP contribution in [0.4, 0.5) is 0 Å². The Hall–Kier alpha value is -3.18. The predicted molar refractivity (Wildman–Crippen MR) is 110 cm³/mol. The number of nitrogens with one attached hydrogen (secondary N) is 1. The maximum absolute atomic E-state index is 12.3. The minimum Gasteiger partial charge on any atom is -0.510 e. The van der Waals surface area contributed by atoms with Crippen LogP contribution in [0.1, 0.15) is 10.7 Å². The first kappa shape index (κ1) is 19.2. The number of thioether (sulfide) groups is 1. The maximum atomic E-state index is 12.3. The minimum atomic E-state index is -0.680. The van der Waals surface area contributed by atoms with E-state index in [2.05, 4.69) is 25.5 Å². The average molecular weight is 428 g/mol. The molecule has 4 rings (SSSR count). The van der Waals surface area contributed by atoms with Crippen LogP contribution in [0, 0.1) is 0 Å². The zero-order valence-corrected chi connectivity index (χ0v) is 16.9. The van der Waals surface area contributed by atoms with E-state index in [1.165, 1.54) is 18.9 Å². The molecule has 0 saturated heterocycles. The fraction of sp³-hybridized carbons (Fsp3) is 0.167. The number of aromatic nitrogens is 6. The van der Waals surface area contributed by atoms with Gasteiger partial charge in [0, 0.05) is 4.88 Å². The van der Waals surface area contributed by atoms with Crippen LogP contribution in [-0.4, -0.2) is 54.1 Å². The number of H-pyrrole nitrogens is 1. The van der Waals surface area contributed by atoms with Crippen molar-refractivity contribution in [2.24, 2.45) is 0 Å². The van der Waals surface area contributed by atoms with Gasteiger partial charge in [-0.25, -0.2) is 14.5 Å². The molecular weight excluding hydrogens is 412 g/mol. The second kappa shape index (κ2) is 8.45. The van der Waals surface area contributed by atoms with Gasteiger partial charge in [-0.1, -0.05) is 30.0 Å². The van der Waals surface area contributed by atoms with Crippen molar-refractivity contribution in [3.05, 3.63) is 58.2 Å². The van der Waals surface area contributed by atoms with Crippen LogP contribution in [0.15, 0.2) is 52.7 Å². The maximum Gasteiger partial charge on any atom is 0.345 e. The predicted octanol–water partition coefficient (Wildman–Crippen LogP) is 2.89. The Morgan fingerprint density at radius 2 is 2.17 bits per heavy atom. The molecule has 0 aliphatic carbocycles. The first-order valence-electron chi connectivity index (χ1n) is 8.52. The van der Waals surface area contributed by atoms with Crippen LogP contribution < -0.4 is 0 Å². The molecule has 29 heavy (non-hydrogen) atoms. The molecule has 148 valence electrons. The van der Waals surface area contributed by atoms with E-state index < -0.39 is 5.97 Å². The Kier molecular flexibility index (Phi) is 5.58. The fourth-order valence-electron chi connectivity index (χ4n) is 2.68. The molecule has 0 spiro atoms. The van der Waals surface area contributed by atoms with E-state index in [0.717, 1.165) is 10.4 Å². The molecule has 9 nitrogen and oxygen atoms in total. The van der Waals surface area contributed by atoms with Crippen LogP contribution in [-0.2, 0) is 16.1 Å². The van der Waals surface area contributed by atoms with Gasteiger partial charge in [0.2, 0.25) is 5.16 Å². The molecule has 0 aliphatic rings. The molecule has 3 heterocycles. The summed E-state index contributed by atoms with van der Waals surface area (Å²) in [5.74, 6) is -0.534. The van der Waals surface area contributed by atoms with Crippen LogP contribution >= 0.6 is 23.1 Å². The van der Waals surface area contributed by atoms with Crippen molar-refractivity contribution in [1.29, 1.82) is 0 Å². The second-order valence-electron chi connectivity index (χ2n) is 5.90. The number of hydrogen-bond donors (Lipinski definition) is 2. The Balaban J connectivity index is 1.58. The quantitative estimate of drug-likeness (QED) is 0.200. The number of aliphatic hydroxyl groups excluding tert-OH is 1. The molecule has 0 unspecified atom stereocenters. The summed E-state index contributed by atoms with van der Waals surface area (Å²) in [6, 6.07) is 11.3. The topological polar surface area (TPSA) is 119 Å². The van der Waals surface area contributed by atoms with Gasteiger partial charge in [0.25, 0.3) is 0 Å². The van der Waals surface area contributed by atoms with E-state index in [0.29, 0.717) is 17.2 Å². The summed E-state index contributed by atoms with van der Waals surface area (Å²) in [5, 5.41) is 24.9. The first-order chi connectivity index (χ1) is 14.2. The Labute approximate surface area is 173 Å². The van der Waals surface area contributed by atoms with E-state index in [-0.39, 0.29) is 22.9 Å². The average Bonchev–Trinajstić information content (AvgIpc) is 3.47. The van der Waals surface area contributed by atoms with E-state index in [4.69, 9.17) is 4.74 Å². The highest BCUT2D eigenvalue weighted by molar-refractivity contribution is 7.99. The van der Waals surface area contributed by atoms with Gasteiger partial charge in [-0.3, -0.25) is 0 Å². The number of fused-ring (bicyclic) bond motifs is 1. The van der Waals surface area contributed by atoms with E-state index >= 15 is 0 Å². The Morgan fingerprint density at radius 1 is 1.31 bits per heavy atom. The number of imidazole rings is 1. The molecular formula is C18H16N6O3S2. The SMILES string of the molecule is COC(=O)/C(=C(/O)CSc1nnnn1Cc1cccs1)c1nc2ccccc2[nH]1. The fourth-order valence-corrected chi connectivity index (χ4v) is 4.12. The Bertz CT molecular complexity index is 1130. The summed E-state index contributed by atoms with van der Waals surface area (Å²) >= 11 is 2.82. The monoisotopic (exact) mass is 428 g/mol. The van der Waals surface area contributed by atoms with Gasteiger partial charge in [0.05, 0.1) is 30.4 Å². The summed E-state index contributed by atoms with van der Waals surface area (Å²) < 4.78 is 6.49. The molecule has 3 aromatic heterocycles. The number of hydrogen-bond acceptors (Lipinski definition) is 9. The zero-order valence-electron chi connectivity index (χ0n) is 15.3. The number of benzene rings is 1. The number of rotatable bonds is 7. The third-order valence-corrected chi connectivity index (χ3v) is 5.86. The van der Waals surface area contributed by atoms with Crippen molar-refractivity contribution < 1.29 is 14.6 Å². The molecule has 0 amide bonds. The molecule has 0 aliphatic heterocycles. The van der Waals surface area contributed by atoms with Crippen LogP contribution in [0.2, 0.25) is 0 Å². The van der Waals surface area contributed by atoms with Crippen LogP contribution in [0.25, 0.3) is 16.6 Å². The number of carbonyl (C=O) groups is 1. The number of thiophene rings is 1. The van der Waals surface area contributed by atoms with E-state index in [1.54, 1.807) is 16.0 Å². The Morgan fingerprint density at radius 3 is 2.93 bits per heavy atom. The summed E-state index contributed by atoms with van der Waals surface area (Å²) in [5.41, 5.74) is 1.42. The van der Waals surface area contributed by atoms with Gasteiger partial charge < -0.3 is 14.8 Å². The van der Waals surface area contributed by atoms with Crippen LogP contribution in [0.3, 0.4) is 0 Å². The smallest absolute Gasteiger partial charge is 0.345 e. The van der Waals surface area contributed by atoms with Gasteiger partial charge >= 0.3 is 5.97 Å². The summed E-state index contributed by atoms with van der Waals surface area (Å²) in [6.07, 6.45) is 0. The van der Waals surface area contributed by atoms with Gasteiger partial charge in [-0.05, 0) is 34.0 Å².